The molecule has 0 saturated heterocycles. The third-order valence-corrected chi connectivity index (χ3v) is 2.73. The summed E-state index contributed by atoms with van der Waals surface area (Å²) < 4.78 is 10.8. The molecule has 2 aromatic carbocycles. The number of aliphatic hydroxyl groups excluding tert-OH is 1. The normalized spacial score (nSPS) is 10.5. The maximum atomic E-state index is 9.30. The Hall–Kier alpha value is -1.74. The third-order valence-electron chi connectivity index (χ3n) is 2.73. The van der Waals surface area contributed by atoms with E-state index < -0.39 is 0 Å². The number of benzene rings is 2. The second-order valence-electron chi connectivity index (χ2n) is 3.73. The molecule has 0 amide bonds. The Bertz CT molecular complexity index is 520. The smallest absolute Gasteiger partial charge is 0.161 e. The molecule has 0 aliphatic heterocycles. The van der Waals surface area contributed by atoms with Gasteiger partial charge in [0.2, 0.25) is 0 Å². The van der Waals surface area contributed by atoms with E-state index in [1.165, 1.54) is 0 Å². The van der Waals surface area contributed by atoms with E-state index in [2.05, 4.69) is 0 Å². The SMILES string of the molecule is CCOc1cc2cccc(CO)c2cc1OC. The molecule has 0 aliphatic carbocycles. The van der Waals surface area contributed by atoms with Crippen molar-refractivity contribution >= 4 is 10.8 Å². The molecule has 2 aromatic rings. The summed E-state index contributed by atoms with van der Waals surface area (Å²) >= 11 is 0. The van der Waals surface area contributed by atoms with Crippen LogP contribution in [0.25, 0.3) is 10.8 Å². The van der Waals surface area contributed by atoms with Gasteiger partial charge in [0.25, 0.3) is 0 Å². The zero-order chi connectivity index (χ0) is 12.3. The minimum atomic E-state index is 0.0223. The van der Waals surface area contributed by atoms with E-state index in [1.54, 1.807) is 7.11 Å². The molecule has 0 spiro atoms. The predicted molar refractivity (Wildman–Crippen MR) is 67.6 cm³/mol. The molecule has 0 saturated carbocycles. The van der Waals surface area contributed by atoms with E-state index >= 15 is 0 Å². The van der Waals surface area contributed by atoms with Crippen LogP contribution in [0.2, 0.25) is 0 Å². The Morgan fingerprint density at radius 2 is 2.00 bits per heavy atom. The lowest BCUT2D eigenvalue weighted by molar-refractivity contribution is 0.283. The monoisotopic (exact) mass is 232 g/mol. The van der Waals surface area contributed by atoms with Gasteiger partial charge in [0, 0.05) is 0 Å². The number of ether oxygens (including phenoxy) is 2. The van der Waals surface area contributed by atoms with Crippen LogP contribution in [-0.4, -0.2) is 18.8 Å². The van der Waals surface area contributed by atoms with Gasteiger partial charge in [0.15, 0.2) is 11.5 Å². The average Bonchev–Trinajstić information content (AvgIpc) is 2.37. The maximum Gasteiger partial charge on any atom is 0.161 e. The highest BCUT2D eigenvalue weighted by Crippen LogP contribution is 2.33. The van der Waals surface area contributed by atoms with Crippen LogP contribution in [0.4, 0.5) is 0 Å². The van der Waals surface area contributed by atoms with E-state index in [1.807, 2.05) is 37.3 Å². The van der Waals surface area contributed by atoms with Crippen molar-refractivity contribution in [1.82, 2.24) is 0 Å². The van der Waals surface area contributed by atoms with Gasteiger partial charge in [0.1, 0.15) is 0 Å². The molecule has 0 aliphatic rings. The molecule has 0 aromatic heterocycles. The molecule has 0 fully saturated rings. The van der Waals surface area contributed by atoms with Crippen LogP contribution in [0.1, 0.15) is 12.5 Å². The molecule has 0 heterocycles. The van der Waals surface area contributed by atoms with Crippen LogP contribution in [0.3, 0.4) is 0 Å². The highest BCUT2D eigenvalue weighted by molar-refractivity contribution is 5.88. The third kappa shape index (κ3) is 2.19. The summed E-state index contributed by atoms with van der Waals surface area (Å²) in [6, 6.07) is 9.68. The summed E-state index contributed by atoms with van der Waals surface area (Å²) in [5.74, 6) is 1.43. The molecule has 90 valence electrons. The molecule has 3 heteroatoms. The first-order chi connectivity index (χ1) is 8.30. The Morgan fingerprint density at radius 1 is 1.18 bits per heavy atom. The summed E-state index contributed by atoms with van der Waals surface area (Å²) in [6.45, 7) is 2.56. The fraction of sp³-hybridized carbons (Fsp3) is 0.286. The fourth-order valence-corrected chi connectivity index (χ4v) is 1.92. The van der Waals surface area contributed by atoms with Crippen molar-refractivity contribution in [2.24, 2.45) is 0 Å². The van der Waals surface area contributed by atoms with Crippen LogP contribution in [-0.2, 0) is 6.61 Å². The predicted octanol–water partition coefficient (Wildman–Crippen LogP) is 2.74. The maximum absolute atomic E-state index is 9.30. The number of hydrogen-bond acceptors (Lipinski definition) is 3. The quantitative estimate of drug-likeness (QED) is 0.880. The van der Waals surface area contributed by atoms with E-state index in [9.17, 15) is 5.11 Å². The molecule has 17 heavy (non-hydrogen) atoms. The molecule has 0 bridgehead atoms. The van der Waals surface area contributed by atoms with E-state index in [0.717, 1.165) is 22.1 Å². The average molecular weight is 232 g/mol. The first-order valence-electron chi connectivity index (χ1n) is 5.63. The number of fused-ring (bicyclic) bond motifs is 1. The lowest BCUT2D eigenvalue weighted by atomic mass is 10.0. The Kier molecular flexibility index (Phi) is 3.49. The minimum Gasteiger partial charge on any atom is -0.493 e. The van der Waals surface area contributed by atoms with Gasteiger partial charge in [-0.05, 0) is 35.4 Å². The molecule has 1 N–H and O–H groups in total. The molecular weight excluding hydrogens is 216 g/mol. The van der Waals surface area contributed by atoms with Crippen molar-refractivity contribution < 1.29 is 14.6 Å². The van der Waals surface area contributed by atoms with Gasteiger partial charge in [-0.1, -0.05) is 18.2 Å². The first kappa shape index (κ1) is 11.7. The molecule has 2 rings (SSSR count). The van der Waals surface area contributed by atoms with E-state index in [0.29, 0.717) is 12.4 Å². The first-order valence-corrected chi connectivity index (χ1v) is 5.63. The van der Waals surface area contributed by atoms with Crippen molar-refractivity contribution in [2.45, 2.75) is 13.5 Å². The molecule has 3 nitrogen and oxygen atoms in total. The lowest BCUT2D eigenvalue weighted by Gasteiger charge is -2.12. The van der Waals surface area contributed by atoms with Gasteiger partial charge in [-0.3, -0.25) is 0 Å². The standard InChI is InChI=1S/C14H16O3/c1-3-17-14-7-10-5-4-6-11(9-15)12(10)8-13(14)16-2/h4-8,15H,3,9H2,1-2H3. The number of methoxy groups -OCH3 is 1. The van der Waals surface area contributed by atoms with Gasteiger partial charge in [-0.15, -0.1) is 0 Å². The van der Waals surface area contributed by atoms with Crippen LogP contribution in [0, 0.1) is 0 Å². The summed E-state index contributed by atoms with van der Waals surface area (Å²) in [6.07, 6.45) is 0. The van der Waals surface area contributed by atoms with Crippen molar-refractivity contribution in [3.05, 3.63) is 35.9 Å². The molecule has 0 unspecified atom stereocenters. The lowest BCUT2D eigenvalue weighted by Crippen LogP contribution is -1.96. The molecule has 0 radical (unpaired) electrons. The van der Waals surface area contributed by atoms with Gasteiger partial charge in [-0.2, -0.15) is 0 Å². The summed E-state index contributed by atoms with van der Waals surface area (Å²) in [5.41, 5.74) is 0.892. The van der Waals surface area contributed by atoms with Crippen LogP contribution >= 0.6 is 0 Å². The van der Waals surface area contributed by atoms with Gasteiger partial charge < -0.3 is 14.6 Å². The topological polar surface area (TPSA) is 38.7 Å². The van der Waals surface area contributed by atoms with Crippen LogP contribution < -0.4 is 9.47 Å². The highest BCUT2D eigenvalue weighted by atomic mass is 16.5. The zero-order valence-corrected chi connectivity index (χ0v) is 10.1. The zero-order valence-electron chi connectivity index (χ0n) is 10.1. The number of hydrogen-bond donors (Lipinski definition) is 1. The highest BCUT2D eigenvalue weighted by Gasteiger charge is 2.08. The summed E-state index contributed by atoms with van der Waals surface area (Å²) in [7, 11) is 1.62. The number of rotatable bonds is 4. The van der Waals surface area contributed by atoms with Gasteiger partial charge >= 0.3 is 0 Å². The van der Waals surface area contributed by atoms with Crippen LogP contribution in [0.5, 0.6) is 11.5 Å². The van der Waals surface area contributed by atoms with Crippen molar-refractivity contribution in [1.29, 1.82) is 0 Å². The Morgan fingerprint density at radius 3 is 2.65 bits per heavy atom. The minimum absolute atomic E-state index is 0.0223. The van der Waals surface area contributed by atoms with Crippen LogP contribution in [0.15, 0.2) is 30.3 Å². The summed E-state index contributed by atoms with van der Waals surface area (Å²) in [5, 5.41) is 11.3. The Balaban J connectivity index is 2.64. The van der Waals surface area contributed by atoms with E-state index in [-0.39, 0.29) is 6.61 Å². The molecular formula is C14H16O3. The van der Waals surface area contributed by atoms with E-state index in [4.69, 9.17) is 9.47 Å². The Labute approximate surface area is 101 Å². The fourth-order valence-electron chi connectivity index (χ4n) is 1.92. The van der Waals surface area contributed by atoms with Gasteiger partial charge in [0.05, 0.1) is 20.3 Å². The summed E-state index contributed by atoms with van der Waals surface area (Å²) in [4.78, 5) is 0. The van der Waals surface area contributed by atoms with Crippen molar-refractivity contribution in [3.63, 3.8) is 0 Å². The van der Waals surface area contributed by atoms with Gasteiger partial charge in [-0.25, -0.2) is 0 Å². The molecule has 0 atom stereocenters. The van der Waals surface area contributed by atoms with Crippen molar-refractivity contribution in [3.8, 4) is 11.5 Å². The number of aliphatic hydroxyl groups is 1. The second-order valence-corrected chi connectivity index (χ2v) is 3.73. The van der Waals surface area contributed by atoms with Crippen molar-refractivity contribution in [2.75, 3.05) is 13.7 Å². The largest absolute Gasteiger partial charge is 0.493 e. The second kappa shape index (κ2) is 5.06.